The Balaban J connectivity index is 1.77. The van der Waals surface area contributed by atoms with Gasteiger partial charge >= 0.3 is 18.2 Å². The van der Waals surface area contributed by atoms with Crippen molar-refractivity contribution in [2.24, 2.45) is 0 Å². The van der Waals surface area contributed by atoms with Crippen molar-refractivity contribution in [1.29, 1.82) is 0 Å². The van der Waals surface area contributed by atoms with E-state index < -0.39 is 24.2 Å². The van der Waals surface area contributed by atoms with Crippen molar-refractivity contribution in [3.05, 3.63) is 78.0 Å². The first-order valence-corrected chi connectivity index (χ1v) is 9.99. The smallest absolute Gasteiger partial charge is 0.465 e. The Kier molecular flexibility index (Phi) is 6.17. The zero-order chi connectivity index (χ0) is 24.3. The predicted molar refractivity (Wildman–Crippen MR) is 116 cm³/mol. The van der Waals surface area contributed by atoms with E-state index in [0.29, 0.717) is 27.8 Å². The molecule has 2 aromatic heterocycles. The lowest BCUT2D eigenvalue weighted by Crippen LogP contribution is -2.40. The number of halogens is 3. The molecule has 4 rings (SSSR count). The van der Waals surface area contributed by atoms with Crippen molar-refractivity contribution in [2.45, 2.75) is 18.6 Å². The van der Waals surface area contributed by atoms with Gasteiger partial charge in [-0.2, -0.15) is 13.2 Å². The van der Waals surface area contributed by atoms with Gasteiger partial charge in [-0.25, -0.2) is 9.78 Å². The first-order valence-electron chi connectivity index (χ1n) is 9.99. The Bertz CT molecular complexity index is 1350. The van der Waals surface area contributed by atoms with Gasteiger partial charge in [0.15, 0.2) is 5.58 Å². The van der Waals surface area contributed by atoms with Crippen LogP contribution in [0.25, 0.3) is 22.2 Å². The largest absolute Gasteiger partial charge is 0.471 e. The molecule has 0 aliphatic carbocycles. The monoisotopic (exact) mass is 470 g/mol. The number of anilines is 1. The number of carbonyl (C=O) groups excluding carboxylic acids is 1. The van der Waals surface area contributed by atoms with Crippen LogP contribution in [0.1, 0.15) is 17.3 Å². The minimum atomic E-state index is -5.10. The van der Waals surface area contributed by atoms with E-state index in [1.54, 1.807) is 48.5 Å². The van der Waals surface area contributed by atoms with Crippen LogP contribution in [-0.4, -0.2) is 33.4 Å². The van der Waals surface area contributed by atoms with Crippen LogP contribution in [0.4, 0.5) is 23.8 Å². The Morgan fingerprint density at radius 3 is 2.50 bits per heavy atom. The summed E-state index contributed by atoms with van der Waals surface area (Å²) in [5, 5.41) is 17.8. The van der Waals surface area contributed by atoms with Crippen LogP contribution >= 0.6 is 0 Å². The third-order valence-corrected chi connectivity index (χ3v) is 4.99. The SMILES string of the molecule is O=C(O)Nc1cccc(C[C@H](NC(=O)C(F)(F)F)c2ccccc2-c2noc3ccccc23)n1. The van der Waals surface area contributed by atoms with Gasteiger partial charge in [0.2, 0.25) is 0 Å². The first-order chi connectivity index (χ1) is 16.2. The number of benzene rings is 2. The average molecular weight is 470 g/mol. The fourth-order valence-electron chi connectivity index (χ4n) is 3.56. The van der Waals surface area contributed by atoms with Crippen molar-refractivity contribution in [3.8, 4) is 11.3 Å². The molecule has 174 valence electrons. The molecule has 34 heavy (non-hydrogen) atoms. The molecule has 3 N–H and O–H groups in total. The van der Waals surface area contributed by atoms with Crippen LogP contribution in [0.5, 0.6) is 0 Å². The van der Waals surface area contributed by atoms with Crippen molar-refractivity contribution in [3.63, 3.8) is 0 Å². The predicted octanol–water partition coefficient (Wildman–Crippen LogP) is 4.94. The number of pyridine rings is 1. The van der Waals surface area contributed by atoms with Crippen molar-refractivity contribution in [2.75, 3.05) is 5.32 Å². The highest BCUT2D eigenvalue weighted by molar-refractivity contribution is 5.92. The summed E-state index contributed by atoms with van der Waals surface area (Å²) in [7, 11) is 0. The molecule has 0 radical (unpaired) electrons. The molecule has 0 spiro atoms. The number of hydrogen-bond acceptors (Lipinski definition) is 5. The van der Waals surface area contributed by atoms with E-state index in [0.717, 1.165) is 0 Å². The first kappa shape index (κ1) is 22.8. The Morgan fingerprint density at radius 2 is 1.74 bits per heavy atom. The van der Waals surface area contributed by atoms with E-state index in [1.165, 1.54) is 18.2 Å². The Hall–Kier alpha value is -4.41. The molecule has 8 nitrogen and oxygen atoms in total. The number of para-hydroxylation sites is 1. The second-order valence-corrected chi connectivity index (χ2v) is 7.29. The lowest BCUT2D eigenvalue weighted by molar-refractivity contribution is -0.174. The standard InChI is InChI=1S/C23H17F3N4O4/c24-23(25,26)21(31)28-17(12-13-6-5-11-19(27-13)29-22(32)33)14-7-1-2-8-15(14)20-16-9-3-4-10-18(16)34-30-20/h1-11,17H,12H2,(H,27,29)(H,28,31)(H,32,33)/t17-/m0/s1. The van der Waals surface area contributed by atoms with Crippen molar-refractivity contribution < 1.29 is 32.4 Å². The number of carbonyl (C=O) groups is 2. The molecule has 11 heteroatoms. The van der Waals surface area contributed by atoms with Gasteiger partial charge in [-0.1, -0.05) is 47.6 Å². The maximum atomic E-state index is 13.1. The van der Waals surface area contributed by atoms with Crippen molar-refractivity contribution >= 4 is 28.8 Å². The molecule has 0 aliphatic rings. The van der Waals surface area contributed by atoms with Crippen LogP contribution in [0.3, 0.4) is 0 Å². The number of aromatic nitrogens is 2. The number of carboxylic acid groups (broad SMARTS) is 1. The number of alkyl halides is 3. The molecule has 2 aromatic carbocycles. The van der Waals surface area contributed by atoms with E-state index in [4.69, 9.17) is 9.63 Å². The van der Waals surface area contributed by atoms with Crippen LogP contribution < -0.4 is 10.6 Å². The quantitative estimate of drug-likeness (QED) is 0.367. The lowest BCUT2D eigenvalue weighted by Gasteiger charge is -2.22. The highest BCUT2D eigenvalue weighted by Gasteiger charge is 2.40. The average Bonchev–Trinajstić information content (AvgIpc) is 3.22. The van der Waals surface area contributed by atoms with Crippen LogP contribution in [-0.2, 0) is 11.2 Å². The summed E-state index contributed by atoms with van der Waals surface area (Å²) in [4.78, 5) is 26.9. The maximum Gasteiger partial charge on any atom is 0.471 e. The van der Waals surface area contributed by atoms with Crippen LogP contribution in [0.2, 0.25) is 0 Å². The molecule has 2 amide bonds. The second-order valence-electron chi connectivity index (χ2n) is 7.29. The number of nitrogens with one attached hydrogen (secondary N) is 2. The summed E-state index contributed by atoms with van der Waals surface area (Å²) in [5.41, 5.74) is 2.00. The highest BCUT2D eigenvalue weighted by Crippen LogP contribution is 2.34. The lowest BCUT2D eigenvalue weighted by atomic mass is 9.93. The molecule has 4 aromatic rings. The summed E-state index contributed by atoms with van der Waals surface area (Å²) in [6, 6.07) is 16.9. The number of nitrogens with zero attached hydrogens (tertiary/aromatic N) is 2. The van der Waals surface area contributed by atoms with Crippen LogP contribution in [0, 0.1) is 0 Å². The van der Waals surface area contributed by atoms with Gasteiger partial charge in [-0.3, -0.25) is 10.1 Å². The van der Waals surface area contributed by atoms with Gasteiger partial charge in [-0.15, -0.1) is 0 Å². The minimum absolute atomic E-state index is 0.00155. The molecular formula is C23H17F3N4O4. The molecule has 0 saturated carbocycles. The highest BCUT2D eigenvalue weighted by atomic mass is 19.4. The van der Waals surface area contributed by atoms with Gasteiger partial charge in [0.1, 0.15) is 11.5 Å². The molecule has 2 heterocycles. The molecule has 1 atom stereocenters. The number of amides is 2. The van der Waals surface area contributed by atoms with E-state index in [-0.39, 0.29) is 17.9 Å². The van der Waals surface area contributed by atoms with E-state index >= 15 is 0 Å². The zero-order valence-corrected chi connectivity index (χ0v) is 17.3. The van der Waals surface area contributed by atoms with Crippen LogP contribution in [0.15, 0.2) is 71.3 Å². The normalized spacial score (nSPS) is 12.3. The summed E-state index contributed by atoms with van der Waals surface area (Å²) >= 11 is 0. The molecule has 0 fully saturated rings. The zero-order valence-electron chi connectivity index (χ0n) is 17.3. The maximum absolute atomic E-state index is 13.1. The summed E-state index contributed by atoms with van der Waals surface area (Å²) in [5.74, 6) is -2.11. The fourth-order valence-corrected chi connectivity index (χ4v) is 3.56. The van der Waals surface area contributed by atoms with Gasteiger partial charge < -0.3 is 14.9 Å². The van der Waals surface area contributed by atoms with E-state index in [2.05, 4.69) is 15.5 Å². The summed E-state index contributed by atoms with van der Waals surface area (Å²) in [6.45, 7) is 0. The van der Waals surface area contributed by atoms with Gasteiger partial charge in [-0.05, 0) is 29.8 Å². The van der Waals surface area contributed by atoms with Gasteiger partial charge in [0.25, 0.3) is 0 Å². The molecule has 0 aliphatic heterocycles. The van der Waals surface area contributed by atoms with E-state index in [9.17, 15) is 22.8 Å². The molecule has 0 saturated heterocycles. The summed E-state index contributed by atoms with van der Waals surface area (Å²) < 4.78 is 44.7. The number of hydrogen-bond donors (Lipinski definition) is 3. The van der Waals surface area contributed by atoms with E-state index in [1.807, 2.05) is 5.32 Å². The summed E-state index contributed by atoms with van der Waals surface area (Å²) in [6.07, 6.45) is -6.59. The molecule has 0 unspecified atom stereocenters. The fraction of sp³-hybridized carbons (Fsp3) is 0.130. The Morgan fingerprint density at radius 1 is 1.00 bits per heavy atom. The molecular weight excluding hydrogens is 453 g/mol. The minimum Gasteiger partial charge on any atom is -0.465 e. The van der Waals surface area contributed by atoms with Gasteiger partial charge in [0, 0.05) is 23.1 Å². The third-order valence-electron chi connectivity index (χ3n) is 4.99. The number of rotatable bonds is 6. The molecule has 0 bridgehead atoms. The Labute approximate surface area is 190 Å². The van der Waals surface area contributed by atoms with Gasteiger partial charge in [0.05, 0.1) is 6.04 Å². The third kappa shape index (κ3) is 4.98. The van der Waals surface area contributed by atoms with Crippen molar-refractivity contribution in [1.82, 2.24) is 15.5 Å². The number of fused-ring (bicyclic) bond motifs is 1. The topological polar surface area (TPSA) is 117 Å². The second kappa shape index (κ2) is 9.22.